The highest BCUT2D eigenvalue weighted by atomic mass is 16.5. The van der Waals surface area contributed by atoms with Crippen LogP contribution in [0.15, 0.2) is 0 Å². The van der Waals surface area contributed by atoms with Gasteiger partial charge in [-0.15, -0.1) is 0 Å². The van der Waals surface area contributed by atoms with Crippen molar-refractivity contribution in [2.75, 3.05) is 13.2 Å². The van der Waals surface area contributed by atoms with E-state index in [1.54, 1.807) is 0 Å². The van der Waals surface area contributed by atoms with E-state index in [4.69, 9.17) is 4.74 Å². The monoisotopic (exact) mass is 257 g/mol. The highest BCUT2D eigenvalue weighted by Crippen LogP contribution is 2.08. The summed E-state index contributed by atoms with van der Waals surface area (Å²) < 4.78 is 6.00. The molecular weight excluding hydrogens is 222 g/mol. The summed E-state index contributed by atoms with van der Waals surface area (Å²) >= 11 is 0. The molecule has 0 fully saturated rings. The summed E-state index contributed by atoms with van der Waals surface area (Å²) in [5.41, 5.74) is 0.191. The summed E-state index contributed by atoms with van der Waals surface area (Å²) in [6.07, 6.45) is 9.33. The van der Waals surface area contributed by atoms with Gasteiger partial charge in [0.2, 0.25) is 0 Å². The van der Waals surface area contributed by atoms with Crippen LogP contribution >= 0.6 is 0 Å². The Morgan fingerprint density at radius 3 is 2.17 bits per heavy atom. The molecular formula is C16H35NO. The van der Waals surface area contributed by atoms with Gasteiger partial charge < -0.3 is 10.1 Å². The van der Waals surface area contributed by atoms with Crippen molar-refractivity contribution < 1.29 is 4.74 Å². The van der Waals surface area contributed by atoms with Crippen molar-refractivity contribution in [3.05, 3.63) is 0 Å². The lowest BCUT2D eigenvalue weighted by Crippen LogP contribution is -2.41. The molecule has 110 valence electrons. The number of ether oxygens (including phenoxy) is 1. The Morgan fingerprint density at radius 1 is 0.944 bits per heavy atom. The Morgan fingerprint density at radius 2 is 1.61 bits per heavy atom. The van der Waals surface area contributed by atoms with Crippen LogP contribution < -0.4 is 5.32 Å². The third kappa shape index (κ3) is 12.4. The van der Waals surface area contributed by atoms with E-state index in [0.717, 1.165) is 19.6 Å². The predicted molar refractivity (Wildman–Crippen MR) is 81.2 cm³/mol. The molecule has 0 aromatic rings. The summed E-state index contributed by atoms with van der Waals surface area (Å²) in [6.45, 7) is 13.0. The van der Waals surface area contributed by atoms with Crippen LogP contribution in [0.2, 0.25) is 0 Å². The zero-order valence-electron chi connectivity index (χ0n) is 13.3. The van der Waals surface area contributed by atoms with Gasteiger partial charge in [-0.3, -0.25) is 0 Å². The largest absolute Gasteiger partial charge is 0.377 e. The second-order valence-electron chi connectivity index (χ2n) is 6.33. The van der Waals surface area contributed by atoms with Gasteiger partial charge in [-0.1, -0.05) is 46.0 Å². The molecule has 0 spiro atoms. The minimum Gasteiger partial charge on any atom is -0.377 e. The van der Waals surface area contributed by atoms with E-state index in [-0.39, 0.29) is 5.54 Å². The van der Waals surface area contributed by atoms with E-state index in [9.17, 15) is 0 Å². The first kappa shape index (κ1) is 17.9. The molecule has 1 unspecified atom stereocenters. The van der Waals surface area contributed by atoms with Crippen LogP contribution in [0.1, 0.15) is 79.6 Å². The zero-order valence-corrected chi connectivity index (χ0v) is 13.3. The summed E-state index contributed by atoms with van der Waals surface area (Å²) in [4.78, 5) is 0. The molecule has 0 radical (unpaired) electrons. The summed E-state index contributed by atoms with van der Waals surface area (Å²) in [5.74, 6) is 0. The molecule has 0 amide bonds. The van der Waals surface area contributed by atoms with Gasteiger partial charge in [0, 0.05) is 18.7 Å². The highest BCUT2D eigenvalue weighted by molar-refractivity contribution is 4.73. The molecule has 0 aliphatic heterocycles. The van der Waals surface area contributed by atoms with Gasteiger partial charge in [-0.2, -0.15) is 0 Å². The second-order valence-corrected chi connectivity index (χ2v) is 6.33. The van der Waals surface area contributed by atoms with E-state index in [2.05, 4.69) is 39.9 Å². The number of unbranched alkanes of at least 4 members (excludes halogenated alkanes) is 4. The summed E-state index contributed by atoms with van der Waals surface area (Å²) in [6, 6.07) is 0. The van der Waals surface area contributed by atoms with Gasteiger partial charge >= 0.3 is 0 Å². The molecule has 2 heteroatoms. The lowest BCUT2D eigenvalue weighted by Gasteiger charge is -2.25. The van der Waals surface area contributed by atoms with Crippen molar-refractivity contribution in [2.45, 2.75) is 91.2 Å². The maximum Gasteiger partial charge on any atom is 0.0699 e. The Bertz CT molecular complexity index is 174. The van der Waals surface area contributed by atoms with Gasteiger partial charge in [0.15, 0.2) is 0 Å². The SMILES string of the molecule is CCCCCCCOC(CCC)CNC(C)(C)C. The van der Waals surface area contributed by atoms with Gasteiger partial charge in [0.1, 0.15) is 0 Å². The Hall–Kier alpha value is -0.0800. The van der Waals surface area contributed by atoms with Gasteiger partial charge in [-0.25, -0.2) is 0 Å². The lowest BCUT2D eigenvalue weighted by atomic mass is 10.1. The standard InChI is InChI=1S/C16H35NO/c1-6-8-9-10-11-13-18-15(12-7-2)14-17-16(3,4)5/h15,17H,6-14H2,1-5H3. The topological polar surface area (TPSA) is 21.3 Å². The van der Waals surface area contributed by atoms with Gasteiger partial charge in [0.05, 0.1) is 6.10 Å². The first-order chi connectivity index (χ1) is 8.49. The van der Waals surface area contributed by atoms with E-state index in [1.165, 1.54) is 38.5 Å². The van der Waals surface area contributed by atoms with Crippen LogP contribution in [0.25, 0.3) is 0 Å². The molecule has 0 heterocycles. The minimum atomic E-state index is 0.191. The van der Waals surface area contributed by atoms with E-state index in [1.807, 2.05) is 0 Å². The molecule has 0 aliphatic carbocycles. The normalized spacial score (nSPS) is 13.8. The molecule has 0 saturated carbocycles. The van der Waals surface area contributed by atoms with E-state index in [0.29, 0.717) is 6.10 Å². The van der Waals surface area contributed by atoms with Gasteiger partial charge in [-0.05, 0) is 33.6 Å². The molecule has 0 bridgehead atoms. The fraction of sp³-hybridized carbons (Fsp3) is 1.00. The predicted octanol–water partition coefficient (Wildman–Crippen LogP) is 4.53. The molecule has 0 saturated heterocycles. The molecule has 0 aliphatic rings. The first-order valence-electron chi connectivity index (χ1n) is 7.86. The molecule has 1 atom stereocenters. The van der Waals surface area contributed by atoms with Crippen LogP contribution in [-0.4, -0.2) is 24.8 Å². The average Bonchev–Trinajstić information content (AvgIpc) is 2.29. The second kappa shape index (κ2) is 10.8. The lowest BCUT2D eigenvalue weighted by molar-refractivity contribution is 0.0405. The van der Waals surface area contributed by atoms with Crippen molar-refractivity contribution in [1.82, 2.24) is 5.32 Å². The van der Waals surface area contributed by atoms with Crippen LogP contribution in [0.4, 0.5) is 0 Å². The van der Waals surface area contributed by atoms with Crippen LogP contribution in [-0.2, 0) is 4.74 Å². The highest BCUT2D eigenvalue weighted by Gasteiger charge is 2.13. The number of nitrogens with one attached hydrogen (secondary N) is 1. The Balaban J connectivity index is 3.63. The average molecular weight is 257 g/mol. The molecule has 0 aromatic heterocycles. The van der Waals surface area contributed by atoms with Gasteiger partial charge in [0.25, 0.3) is 0 Å². The van der Waals surface area contributed by atoms with Crippen LogP contribution in [0, 0.1) is 0 Å². The fourth-order valence-corrected chi connectivity index (χ4v) is 1.94. The van der Waals surface area contributed by atoms with Crippen molar-refractivity contribution in [3.63, 3.8) is 0 Å². The van der Waals surface area contributed by atoms with Crippen LogP contribution in [0.3, 0.4) is 0 Å². The molecule has 0 rings (SSSR count). The summed E-state index contributed by atoms with van der Waals surface area (Å²) in [5, 5.41) is 3.54. The fourth-order valence-electron chi connectivity index (χ4n) is 1.94. The van der Waals surface area contributed by atoms with Crippen molar-refractivity contribution in [2.24, 2.45) is 0 Å². The van der Waals surface area contributed by atoms with Crippen molar-refractivity contribution >= 4 is 0 Å². The maximum absolute atomic E-state index is 6.00. The Labute approximate surface area is 115 Å². The van der Waals surface area contributed by atoms with Crippen molar-refractivity contribution in [1.29, 1.82) is 0 Å². The van der Waals surface area contributed by atoms with E-state index >= 15 is 0 Å². The third-order valence-corrected chi connectivity index (χ3v) is 3.07. The van der Waals surface area contributed by atoms with Crippen molar-refractivity contribution in [3.8, 4) is 0 Å². The zero-order chi connectivity index (χ0) is 13.9. The minimum absolute atomic E-state index is 0.191. The molecule has 1 N–H and O–H groups in total. The first-order valence-corrected chi connectivity index (χ1v) is 7.86. The maximum atomic E-state index is 6.00. The smallest absolute Gasteiger partial charge is 0.0699 e. The van der Waals surface area contributed by atoms with Crippen LogP contribution in [0.5, 0.6) is 0 Å². The Kier molecular flexibility index (Phi) is 10.8. The molecule has 18 heavy (non-hydrogen) atoms. The molecule has 2 nitrogen and oxygen atoms in total. The number of hydrogen-bond acceptors (Lipinski definition) is 2. The quantitative estimate of drug-likeness (QED) is 0.549. The molecule has 0 aromatic carbocycles. The number of hydrogen-bond donors (Lipinski definition) is 1. The number of rotatable bonds is 11. The third-order valence-electron chi connectivity index (χ3n) is 3.07. The summed E-state index contributed by atoms with van der Waals surface area (Å²) in [7, 11) is 0. The van der Waals surface area contributed by atoms with E-state index < -0.39 is 0 Å².